The van der Waals surface area contributed by atoms with Crippen LogP contribution < -0.4 is 10.1 Å². The quantitative estimate of drug-likeness (QED) is 0.605. The second-order valence-corrected chi connectivity index (χ2v) is 8.24. The SMILES string of the molecule is CCOC(=O)c1c(NC(=O)[C@H](CC)Oc2ccc(CC)cc2)sc2c1CCCC2. The molecule has 0 aliphatic heterocycles. The third kappa shape index (κ3) is 4.99. The Bertz CT molecular complexity index is 857. The Balaban J connectivity index is 1.78. The zero-order valence-electron chi connectivity index (χ0n) is 17.4. The second-order valence-electron chi connectivity index (χ2n) is 7.14. The van der Waals surface area contributed by atoms with Crippen molar-refractivity contribution < 1.29 is 19.1 Å². The van der Waals surface area contributed by atoms with E-state index in [2.05, 4.69) is 12.2 Å². The van der Waals surface area contributed by atoms with Crippen molar-refractivity contribution >= 4 is 28.2 Å². The third-order valence-corrected chi connectivity index (χ3v) is 6.37. The van der Waals surface area contributed by atoms with Crippen molar-refractivity contribution in [2.75, 3.05) is 11.9 Å². The third-order valence-electron chi connectivity index (χ3n) is 5.16. The molecule has 1 aliphatic carbocycles. The fraction of sp³-hybridized carbons (Fsp3) is 0.478. The van der Waals surface area contributed by atoms with Crippen LogP contribution in [0, 0.1) is 0 Å². The summed E-state index contributed by atoms with van der Waals surface area (Å²) in [5.74, 6) is 0.0721. The van der Waals surface area contributed by atoms with Crippen LogP contribution in [0.1, 0.15) is 66.4 Å². The molecule has 0 bridgehead atoms. The van der Waals surface area contributed by atoms with Crippen molar-refractivity contribution in [2.45, 2.75) is 65.4 Å². The van der Waals surface area contributed by atoms with E-state index in [4.69, 9.17) is 9.47 Å². The molecule has 29 heavy (non-hydrogen) atoms. The van der Waals surface area contributed by atoms with Gasteiger partial charge in [0.25, 0.3) is 5.91 Å². The number of amides is 1. The van der Waals surface area contributed by atoms with Crippen LogP contribution in [0.4, 0.5) is 5.00 Å². The van der Waals surface area contributed by atoms with Crippen LogP contribution in [0.15, 0.2) is 24.3 Å². The zero-order valence-corrected chi connectivity index (χ0v) is 18.2. The molecule has 3 rings (SSSR count). The van der Waals surface area contributed by atoms with E-state index in [-0.39, 0.29) is 11.9 Å². The molecule has 1 aromatic heterocycles. The van der Waals surface area contributed by atoms with Crippen molar-refractivity contribution in [3.8, 4) is 5.75 Å². The van der Waals surface area contributed by atoms with Crippen LogP contribution in [0.2, 0.25) is 0 Å². The lowest BCUT2D eigenvalue weighted by atomic mass is 9.95. The maximum absolute atomic E-state index is 12.9. The van der Waals surface area contributed by atoms with Gasteiger partial charge in [-0.2, -0.15) is 0 Å². The number of carbonyl (C=O) groups is 2. The van der Waals surface area contributed by atoms with Crippen LogP contribution in [-0.4, -0.2) is 24.6 Å². The van der Waals surface area contributed by atoms with Gasteiger partial charge >= 0.3 is 5.97 Å². The number of hydrogen-bond acceptors (Lipinski definition) is 5. The Morgan fingerprint density at radius 1 is 1.10 bits per heavy atom. The van der Waals surface area contributed by atoms with Crippen molar-refractivity contribution in [1.82, 2.24) is 0 Å². The number of nitrogens with one attached hydrogen (secondary N) is 1. The van der Waals surface area contributed by atoms with Gasteiger partial charge in [0, 0.05) is 4.88 Å². The molecule has 1 amide bonds. The van der Waals surface area contributed by atoms with Gasteiger partial charge in [-0.3, -0.25) is 4.79 Å². The maximum atomic E-state index is 12.9. The molecule has 0 saturated carbocycles. The van der Waals surface area contributed by atoms with Gasteiger partial charge in [-0.25, -0.2) is 4.79 Å². The molecule has 0 fully saturated rings. The number of aryl methyl sites for hydroxylation is 2. The molecule has 1 N–H and O–H groups in total. The molecule has 0 radical (unpaired) electrons. The second kappa shape index (κ2) is 9.92. The highest BCUT2D eigenvalue weighted by atomic mass is 32.1. The van der Waals surface area contributed by atoms with Crippen LogP contribution in [0.5, 0.6) is 5.75 Å². The molecule has 1 atom stereocenters. The predicted molar refractivity (Wildman–Crippen MR) is 116 cm³/mol. The lowest BCUT2D eigenvalue weighted by molar-refractivity contribution is -0.122. The minimum Gasteiger partial charge on any atom is -0.481 e. The van der Waals surface area contributed by atoms with Gasteiger partial charge in [-0.15, -0.1) is 11.3 Å². The highest BCUT2D eigenvalue weighted by Crippen LogP contribution is 2.38. The van der Waals surface area contributed by atoms with Crippen LogP contribution in [-0.2, 0) is 28.8 Å². The number of hydrogen-bond donors (Lipinski definition) is 1. The summed E-state index contributed by atoms with van der Waals surface area (Å²) in [7, 11) is 0. The molecule has 5 nitrogen and oxygen atoms in total. The van der Waals surface area contributed by atoms with Gasteiger partial charge in [0.15, 0.2) is 6.10 Å². The summed E-state index contributed by atoms with van der Waals surface area (Å²) in [5.41, 5.74) is 2.79. The largest absolute Gasteiger partial charge is 0.481 e. The minimum absolute atomic E-state index is 0.240. The number of fused-ring (bicyclic) bond motifs is 1. The number of esters is 1. The highest BCUT2D eigenvalue weighted by Gasteiger charge is 2.29. The number of carbonyl (C=O) groups excluding carboxylic acids is 2. The van der Waals surface area contributed by atoms with E-state index in [1.165, 1.54) is 21.8 Å². The number of ether oxygens (including phenoxy) is 2. The Hall–Kier alpha value is -2.34. The molecule has 1 heterocycles. The molecular formula is C23H29NO4S. The highest BCUT2D eigenvalue weighted by molar-refractivity contribution is 7.17. The van der Waals surface area contributed by atoms with Crippen molar-refractivity contribution in [3.05, 3.63) is 45.8 Å². The summed E-state index contributed by atoms with van der Waals surface area (Å²) in [6.45, 7) is 6.11. The number of benzene rings is 1. The summed E-state index contributed by atoms with van der Waals surface area (Å²) in [4.78, 5) is 26.7. The van der Waals surface area contributed by atoms with E-state index in [1.807, 2.05) is 31.2 Å². The van der Waals surface area contributed by atoms with E-state index in [0.717, 1.165) is 37.7 Å². The molecule has 1 aliphatic rings. The van der Waals surface area contributed by atoms with Gasteiger partial charge < -0.3 is 14.8 Å². The normalized spacial score (nSPS) is 14.0. The topological polar surface area (TPSA) is 64.6 Å². The molecule has 2 aromatic rings. The van der Waals surface area contributed by atoms with E-state index < -0.39 is 6.10 Å². The van der Waals surface area contributed by atoms with Crippen LogP contribution in [0.25, 0.3) is 0 Å². The maximum Gasteiger partial charge on any atom is 0.341 e. The van der Waals surface area contributed by atoms with Crippen molar-refractivity contribution in [1.29, 1.82) is 0 Å². The Morgan fingerprint density at radius 2 is 1.83 bits per heavy atom. The summed E-state index contributed by atoms with van der Waals surface area (Å²) in [6, 6.07) is 7.80. The predicted octanol–water partition coefficient (Wildman–Crippen LogP) is 5.16. The fourth-order valence-electron chi connectivity index (χ4n) is 3.56. The molecule has 0 unspecified atom stereocenters. The summed E-state index contributed by atoms with van der Waals surface area (Å²) < 4.78 is 11.2. The molecule has 156 valence electrons. The van der Waals surface area contributed by atoms with E-state index in [9.17, 15) is 9.59 Å². The summed E-state index contributed by atoms with van der Waals surface area (Å²) in [6.07, 6.45) is 4.82. The summed E-state index contributed by atoms with van der Waals surface area (Å²) >= 11 is 1.50. The first kappa shape index (κ1) is 21.4. The smallest absolute Gasteiger partial charge is 0.341 e. The molecular weight excluding hydrogens is 386 g/mol. The molecule has 6 heteroatoms. The molecule has 0 spiro atoms. The first-order chi connectivity index (χ1) is 14.1. The zero-order chi connectivity index (χ0) is 20.8. The van der Waals surface area contributed by atoms with Crippen LogP contribution in [0.3, 0.4) is 0 Å². The molecule has 0 saturated heterocycles. The van der Waals surface area contributed by atoms with Crippen molar-refractivity contribution in [2.24, 2.45) is 0 Å². The van der Waals surface area contributed by atoms with Crippen LogP contribution >= 0.6 is 11.3 Å². The van der Waals surface area contributed by atoms with Gasteiger partial charge in [0.1, 0.15) is 10.8 Å². The monoisotopic (exact) mass is 415 g/mol. The van der Waals surface area contributed by atoms with Gasteiger partial charge in [0.05, 0.1) is 12.2 Å². The van der Waals surface area contributed by atoms with E-state index in [1.54, 1.807) is 6.92 Å². The van der Waals surface area contributed by atoms with E-state index >= 15 is 0 Å². The average molecular weight is 416 g/mol. The fourth-order valence-corrected chi connectivity index (χ4v) is 4.84. The van der Waals surface area contributed by atoms with Gasteiger partial charge in [0.2, 0.25) is 0 Å². The van der Waals surface area contributed by atoms with Gasteiger partial charge in [-0.1, -0.05) is 26.0 Å². The first-order valence-corrected chi connectivity index (χ1v) is 11.3. The Labute approximate surface area is 176 Å². The van der Waals surface area contributed by atoms with Crippen molar-refractivity contribution in [3.63, 3.8) is 0 Å². The number of anilines is 1. The van der Waals surface area contributed by atoms with E-state index in [0.29, 0.717) is 29.3 Å². The minimum atomic E-state index is -0.628. The lowest BCUT2D eigenvalue weighted by Crippen LogP contribution is -2.32. The lowest BCUT2D eigenvalue weighted by Gasteiger charge is -2.17. The Morgan fingerprint density at radius 3 is 2.48 bits per heavy atom. The van der Waals surface area contributed by atoms with Gasteiger partial charge in [-0.05, 0) is 68.7 Å². The standard InChI is InChI=1S/C23H29NO4S/c1-4-15-11-13-16(14-12-15)28-18(5-2)21(25)24-22-20(23(26)27-6-3)17-9-7-8-10-19(17)29-22/h11-14,18H,4-10H2,1-3H3,(H,24,25)/t18-/m0/s1. The Kier molecular flexibility index (Phi) is 7.31. The summed E-state index contributed by atoms with van der Waals surface area (Å²) in [5, 5.41) is 3.54. The number of rotatable bonds is 8. The number of thiophene rings is 1. The average Bonchev–Trinajstić information content (AvgIpc) is 3.10. The molecule has 1 aromatic carbocycles. The first-order valence-electron chi connectivity index (χ1n) is 10.4.